The Kier molecular flexibility index (Phi) is 5.29. The van der Waals surface area contributed by atoms with Crippen molar-refractivity contribution in [2.24, 2.45) is 5.92 Å². The van der Waals surface area contributed by atoms with E-state index in [0.29, 0.717) is 12.0 Å². The van der Waals surface area contributed by atoms with E-state index < -0.39 is 0 Å². The smallest absolute Gasteiger partial charge is 0.160 e. The summed E-state index contributed by atoms with van der Waals surface area (Å²) in [4.78, 5) is 18.4. The topological polar surface area (TPSA) is 95.8 Å². The van der Waals surface area contributed by atoms with Crippen molar-refractivity contribution in [3.8, 4) is 0 Å². The summed E-state index contributed by atoms with van der Waals surface area (Å²) in [5, 5.41) is 8.92. The monoisotopic (exact) mass is 419 g/mol. The molecule has 0 aliphatic carbocycles. The van der Waals surface area contributed by atoms with Crippen LogP contribution in [0.4, 0.5) is 11.6 Å². The first-order chi connectivity index (χ1) is 15.1. The fourth-order valence-electron chi connectivity index (χ4n) is 4.42. The highest BCUT2D eigenvalue weighted by Crippen LogP contribution is 2.24. The van der Waals surface area contributed by atoms with E-state index in [2.05, 4.69) is 60.6 Å². The molecule has 9 heteroatoms. The molecule has 0 radical (unpaired) electrons. The molecule has 0 aromatic carbocycles. The average Bonchev–Trinajstić information content (AvgIpc) is 3.48. The first-order valence-electron chi connectivity index (χ1n) is 10.9. The zero-order valence-electron chi connectivity index (χ0n) is 18.3. The minimum atomic E-state index is 0.329. The molecule has 2 aliphatic heterocycles. The summed E-state index contributed by atoms with van der Waals surface area (Å²) in [5.74, 6) is 3.87. The van der Waals surface area contributed by atoms with Gasteiger partial charge in [0.15, 0.2) is 5.82 Å². The number of nitrogens with one attached hydrogen (secondary N) is 3. The molecule has 31 heavy (non-hydrogen) atoms. The van der Waals surface area contributed by atoms with Crippen LogP contribution in [0.15, 0.2) is 30.7 Å². The molecule has 1 unspecified atom stereocenters. The quantitative estimate of drug-likeness (QED) is 0.561. The number of pyridine rings is 1. The lowest BCUT2D eigenvalue weighted by Gasteiger charge is -2.19. The number of anilines is 2. The first kappa shape index (κ1) is 19.9. The Balaban J connectivity index is 1.34. The Labute approximate surface area is 182 Å². The maximum Gasteiger partial charge on any atom is 0.160 e. The van der Waals surface area contributed by atoms with Crippen LogP contribution in [0.2, 0.25) is 0 Å². The largest absolute Gasteiger partial charge is 0.326 e. The summed E-state index contributed by atoms with van der Waals surface area (Å²) in [6.07, 6.45) is 6.95. The highest BCUT2D eigenvalue weighted by atomic mass is 15.5. The van der Waals surface area contributed by atoms with Crippen molar-refractivity contribution in [3.05, 3.63) is 42.4 Å². The number of hydrogen-bond donors (Lipinski definition) is 3. The summed E-state index contributed by atoms with van der Waals surface area (Å²) in [6, 6.07) is 4.23. The minimum Gasteiger partial charge on any atom is -0.326 e. The van der Waals surface area contributed by atoms with Crippen LogP contribution in [0.3, 0.4) is 0 Å². The van der Waals surface area contributed by atoms with Crippen molar-refractivity contribution < 1.29 is 0 Å². The van der Waals surface area contributed by atoms with Gasteiger partial charge in [-0.3, -0.25) is 0 Å². The van der Waals surface area contributed by atoms with Gasteiger partial charge in [-0.2, -0.15) is 0 Å². The van der Waals surface area contributed by atoms with Gasteiger partial charge in [0.2, 0.25) is 0 Å². The molecule has 5 heterocycles. The second-order valence-corrected chi connectivity index (χ2v) is 8.57. The summed E-state index contributed by atoms with van der Waals surface area (Å²) >= 11 is 0. The van der Waals surface area contributed by atoms with E-state index >= 15 is 0 Å². The van der Waals surface area contributed by atoms with Crippen LogP contribution in [0.5, 0.6) is 0 Å². The number of hydrazine groups is 1. The number of aromatic nitrogens is 5. The fraction of sp³-hybridized carbons (Fsp3) is 0.455. The third-order valence-corrected chi connectivity index (χ3v) is 5.87. The summed E-state index contributed by atoms with van der Waals surface area (Å²) in [5.41, 5.74) is 6.49. The lowest BCUT2D eigenvalue weighted by Crippen LogP contribution is -2.34. The molecule has 3 N–H and O–H groups in total. The van der Waals surface area contributed by atoms with Gasteiger partial charge in [-0.15, -0.1) is 0 Å². The lowest BCUT2D eigenvalue weighted by molar-refractivity contribution is 0.263. The van der Waals surface area contributed by atoms with Crippen molar-refractivity contribution in [1.82, 2.24) is 40.3 Å². The van der Waals surface area contributed by atoms with Gasteiger partial charge in [0.1, 0.15) is 23.0 Å². The molecule has 0 amide bonds. The van der Waals surface area contributed by atoms with E-state index in [1.165, 1.54) is 6.42 Å². The van der Waals surface area contributed by atoms with Crippen LogP contribution in [-0.2, 0) is 0 Å². The van der Waals surface area contributed by atoms with E-state index in [4.69, 9.17) is 4.98 Å². The van der Waals surface area contributed by atoms with Gasteiger partial charge < -0.3 is 20.2 Å². The van der Waals surface area contributed by atoms with Gasteiger partial charge >= 0.3 is 0 Å². The Morgan fingerprint density at radius 1 is 1.23 bits per heavy atom. The molecular formula is C22H29N9. The van der Waals surface area contributed by atoms with Crippen LogP contribution in [0.1, 0.15) is 38.0 Å². The van der Waals surface area contributed by atoms with Crippen molar-refractivity contribution >= 4 is 28.2 Å². The molecule has 2 aliphatic rings. The average molecular weight is 420 g/mol. The van der Waals surface area contributed by atoms with Gasteiger partial charge in [0, 0.05) is 43.2 Å². The van der Waals surface area contributed by atoms with Gasteiger partial charge in [0.25, 0.3) is 0 Å². The molecule has 0 saturated carbocycles. The fourth-order valence-corrected chi connectivity index (χ4v) is 4.42. The second-order valence-electron chi connectivity index (χ2n) is 8.57. The number of rotatable bonds is 6. The number of fused-ring (bicyclic) bond motifs is 1. The van der Waals surface area contributed by atoms with Crippen molar-refractivity contribution in [1.29, 1.82) is 0 Å². The molecule has 162 valence electrons. The highest BCUT2D eigenvalue weighted by Gasteiger charge is 2.21. The third kappa shape index (κ3) is 4.11. The van der Waals surface area contributed by atoms with E-state index in [-0.39, 0.29) is 0 Å². The van der Waals surface area contributed by atoms with E-state index in [1.54, 1.807) is 6.20 Å². The summed E-state index contributed by atoms with van der Waals surface area (Å²) < 4.78 is 2.22. The lowest BCUT2D eigenvalue weighted by atomic mass is 10.1. The zero-order chi connectivity index (χ0) is 21.4. The molecule has 0 bridgehead atoms. The van der Waals surface area contributed by atoms with Gasteiger partial charge in [-0.1, -0.05) is 0 Å². The predicted octanol–water partition coefficient (Wildman–Crippen LogP) is 2.62. The SMILES string of the molecule is Cc1nc2cnc(Nc3ccnc(C4=CN(CC5CCNC5)NC4)n3)cc2n1C(C)C. The number of hydrogen-bond acceptors (Lipinski definition) is 8. The molecule has 3 aromatic rings. The molecule has 1 atom stereocenters. The Bertz CT molecular complexity index is 1110. The second kappa shape index (κ2) is 8.24. The van der Waals surface area contributed by atoms with Crippen molar-refractivity contribution in [3.63, 3.8) is 0 Å². The maximum atomic E-state index is 4.73. The minimum absolute atomic E-state index is 0.329. The molecule has 9 nitrogen and oxygen atoms in total. The molecule has 1 saturated heterocycles. The predicted molar refractivity (Wildman–Crippen MR) is 122 cm³/mol. The molecule has 0 spiro atoms. The Hall–Kier alpha value is -3.04. The van der Waals surface area contributed by atoms with Gasteiger partial charge in [0.05, 0.1) is 11.7 Å². The van der Waals surface area contributed by atoms with Crippen LogP contribution in [-0.4, -0.2) is 55.7 Å². The Morgan fingerprint density at radius 2 is 2.13 bits per heavy atom. The maximum absolute atomic E-state index is 4.73. The molecular weight excluding hydrogens is 390 g/mol. The third-order valence-electron chi connectivity index (χ3n) is 5.87. The number of aryl methyl sites for hydroxylation is 1. The summed E-state index contributed by atoms with van der Waals surface area (Å²) in [6.45, 7) is 10.3. The molecule has 5 rings (SSSR count). The summed E-state index contributed by atoms with van der Waals surface area (Å²) in [7, 11) is 0. The Morgan fingerprint density at radius 3 is 2.94 bits per heavy atom. The normalized spacial score (nSPS) is 18.9. The van der Waals surface area contributed by atoms with Crippen LogP contribution in [0, 0.1) is 12.8 Å². The van der Waals surface area contributed by atoms with Crippen LogP contribution < -0.4 is 16.1 Å². The van der Waals surface area contributed by atoms with E-state index in [1.807, 2.05) is 25.3 Å². The van der Waals surface area contributed by atoms with Gasteiger partial charge in [-0.05, 0) is 52.3 Å². The molecule has 1 fully saturated rings. The van der Waals surface area contributed by atoms with Crippen molar-refractivity contribution in [2.45, 2.75) is 33.2 Å². The van der Waals surface area contributed by atoms with Crippen molar-refractivity contribution in [2.75, 3.05) is 31.5 Å². The van der Waals surface area contributed by atoms with Crippen LogP contribution >= 0.6 is 0 Å². The number of imidazole rings is 1. The standard InChI is InChI=1S/C22H29N9/c1-14(2)31-15(3)27-18-11-25-21(8-19(18)31)28-20-5-7-24-22(29-20)17-10-26-30(13-17)12-16-4-6-23-9-16/h5,7-8,11,13-14,16,23,26H,4,6,9-10,12H2,1-3H3,(H,24,25,28,29). The number of nitrogens with zero attached hydrogens (tertiary/aromatic N) is 6. The zero-order valence-corrected chi connectivity index (χ0v) is 18.3. The highest BCUT2D eigenvalue weighted by molar-refractivity contribution is 5.79. The van der Waals surface area contributed by atoms with E-state index in [9.17, 15) is 0 Å². The van der Waals surface area contributed by atoms with Crippen LogP contribution in [0.25, 0.3) is 16.6 Å². The van der Waals surface area contributed by atoms with Gasteiger partial charge in [-0.25, -0.2) is 25.4 Å². The van der Waals surface area contributed by atoms with E-state index in [0.717, 1.165) is 66.1 Å². The first-order valence-corrected chi connectivity index (χ1v) is 10.9. The molecule has 3 aromatic heterocycles.